The number of amides is 1. The van der Waals surface area contributed by atoms with Gasteiger partial charge in [-0.15, -0.1) is 5.10 Å². The highest BCUT2D eigenvalue weighted by molar-refractivity contribution is 5.89. The highest BCUT2D eigenvalue weighted by atomic mass is 16.5. The third kappa shape index (κ3) is 4.42. The van der Waals surface area contributed by atoms with Crippen molar-refractivity contribution < 1.29 is 13.9 Å². The maximum absolute atomic E-state index is 11.8. The summed E-state index contributed by atoms with van der Waals surface area (Å²) in [5, 5.41) is 10.3. The lowest BCUT2D eigenvalue weighted by molar-refractivity contribution is -0.118. The van der Waals surface area contributed by atoms with Gasteiger partial charge in [0.25, 0.3) is 5.91 Å². The van der Waals surface area contributed by atoms with Crippen LogP contribution in [0.3, 0.4) is 0 Å². The van der Waals surface area contributed by atoms with Crippen LogP contribution < -0.4 is 10.1 Å². The fourth-order valence-electron chi connectivity index (χ4n) is 2.08. The Balaban J connectivity index is 1.51. The fraction of sp³-hybridized carbons (Fsp3) is 0.167. The molecule has 6 nitrogen and oxygen atoms in total. The van der Waals surface area contributed by atoms with E-state index in [4.69, 9.17) is 9.15 Å². The topological polar surface area (TPSA) is 77.2 Å². The van der Waals surface area contributed by atoms with Crippen molar-refractivity contribution in [3.8, 4) is 5.75 Å². The van der Waals surface area contributed by atoms with Crippen LogP contribution in [0.25, 0.3) is 0 Å². The molecular formula is C18H17N3O3. The van der Waals surface area contributed by atoms with Crippen molar-refractivity contribution in [3.05, 3.63) is 71.6 Å². The number of rotatable bonds is 6. The standard InChI is InChI=1S/C18H17N3O3/c1-13-7-9-14(10-8-13)11-17-20-21-18(24-17)19-16(22)12-23-15-5-3-2-4-6-15/h2-10H,11-12H2,1H3,(H,19,21,22). The van der Waals surface area contributed by atoms with Crippen molar-refractivity contribution in [1.82, 2.24) is 10.2 Å². The predicted octanol–water partition coefficient (Wildman–Crippen LogP) is 2.99. The number of aromatic nitrogens is 2. The first-order valence-electron chi connectivity index (χ1n) is 7.55. The number of anilines is 1. The number of hydrogen-bond donors (Lipinski definition) is 1. The van der Waals surface area contributed by atoms with Gasteiger partial charge in [0.1, 0.15) is 5.75 Å². The molecule has 3 rings (SSSR count). The molecule has 0 saturated carbocycles. The molecule has 0 fully saturated rings. The molecule has 0 aliphatic heterocycles. The number of benzene rings is 2. The summed E-state index contributed by atoms with van der Waals surface area (Å²) in [6.07, 6.45) is 0.518. The first-order chi connectivity index (χ1) is 11.7. The number of carbonyl (C=O) groups excluding carboxylic acids is 1. The van der Waals surface area contributed by atoms with Crippen LogP contribution in [0.4, 0.5) is 6.01 Å². The van der Waals surface area contributed by atoms with Crippen LogP contribution in [0, 0.1) is 6.92 Å². The van der Waals surface area contributed by atoms with E-state index in [9.17, 15) is 4.79 Å². The van der Waals surface area contributed by atoms with Gasteiger partial charge in [0.05, 0.1) is 6.42 Å². The number of para-hydroxylation sites is 1. The van der Waals surface area contributed by atoms with Gasteiger partial charge in [-0.25, -0.2) is 0 Å². The van der Waals surface area contributed by atoms with Crippen molar-refractivity contribution in [1.29, 1.82) is 0 Å². The summed E-state index contributed by atoms with van der Waals surface area (Å²) in [5.41, 5.74) is 2.25. The molecule has 122 valence electrons. The van der Waals surface area contributed by atoms with E-state index in [0.29, 0.717) is 18.1 Å². The van der Waals surface area contributed by atoms with E-state index in [1.807, 2.05) is 49.4 Å². The van der Waals surface area contributed by atoms with Crippen molar-refractivity contribution >= 4 is 11.9 Å². The molecule has 0 aliphatic rings. The lowest BCUT2D eigenvalue weighted by Gasteiger charge is -2.04. The molecule has 0 unspecified atom stereocenters. The van der Waals surface area contributed by atoms with Gasteiger partial charge in [-0.3, -0.25) is 10.1 Å². The second kappa shape index (κ2) is 7.41. The Kier molecular flexibility index (Phi) is 4.86. The number of nitrogens with zero attached hydrogens (tertiary/aromatic N) is 2. The molecule has 1 aromatic heterocycles. The van der Waals surface area contributed by atoms with Crippen LogP contribution >= 0.6 is 0 Å². The number of aryl methyl sites for hydroxylation is 1. The second-order valence-corrected chi connectivity index (χ2v) is 5.31. The minimum Gasteiger partial charge on any atom is -0.484 e. The summed E-state index contributed by atoms with van der Waals surface area (Å²) in [5.74, 6) is 0.709. The van der Waals surface area contributed by atoms with Gasteiger partial charge in [0.15, 0.2) is 6.61 Å². The first kappa shape index (κ1) is 15.7. The van der Waals surface area contributed by atoms with Crippen LogP contribution in [0.5, 0.6) is 5.75 Å². The average molecular weight is 323 g/mol. The van der Waals surface area contributed by atoms with Gasteiger partial charge in [-0.05, 0) is 24.6 Å². The van der Waals surface area contributed by atoms with E-state index >= 15 is 0 Å². The fourth-order valence-corrected chi connectivity index (χ4v) is 2.08. The van der Waals surface area contributed by atoms with Crippen molar-refractivity contribution in [2.24, 2.45) is 0 Å². The molecule has 24 heavy (non-hydrogen) atoms. The molecule has 0 radical (unpaired) electrons. The second-order valence-electron chi connectivity index (χ2n) is 5.31. The molecule has 1 amide bonds. The lowest BCUT2D eigenvalue weighted by Crippen LogP contribution is -2.20. The van der Waals surface area contributed by atoms with E-state index in [2.05, 4.69) is 15.5 Å². The van der Waals surface area contributed by atoms with Crippen LogP contribution in [0.1, 0.15) is 17.0 Å². The Bertz CT molecular complexity index is 798. The molecule has 1 N–H and O–H groups in total. The molecule has 6 heteroatoms. The van der Waals surface area contributed by atoms with Crippen LogP contribution in [-0.2, 0) is 11.2 Å². The lowest BCUT2D eigenvalue weighted by atomic mass is 10.1. The Hall–Kier alpha value is -3.15. The zero-order chi connectivity index (χ0) is 16.8. The van der Waals surface area contributed by atoms with E-state index < -0.39 is 0 Å². The number of nitrogens with one attached hydrogen (secondary N) is 1. The zero-order valence-electron chi connectivity index (χ0n) is 13.2. The van der Waals surface area contributed by atoms with Gasteiger partial charge in [-0.2, -0.15) is 0 Å². The Morgan fingerprint density at radius 2 is 1.83 bits per heavy atom. The van der Waals surface area contributed by atoms with Gasteiger partial charge >= 0.3 is 6.01 Å². The minimum absolute atomic E-state index is 0.0683. The quantitative estimate of drug-likeness (QED) is 0.754. The highest BCUT2D eigenvalue weighted by Crippen LogP contribution is 2.12. The number of carbonyl (C=O) groups is 1. The molecule has 0 atom stereocenters. The Labute approximate surface area is 139 Å². The maximum Gasteiger partial charge on any atom is 0.322 e. The average Bonchev–Trinajstić information content (AvgIpc) is 3.03. The largest absolute Gasteiger partial charge is 0.484 e. The summed E-state index contributed by atoms with van der Waals surface area (Å²) in [7, 11) is 0. The van der Waals surface area contributed by atoms with Gasteiger partial charge < -0.3 is 9.15 Å². The highest BCUT2D eigenvalue weighted by Gasteiger charge is 2.11. The summed E-state index contributed by atoms with van der Waals surface area (Å²) < 4.78 is 10.8. The summed E-state index contributed by atoms with van der Waals surface area (Å²) in [6.45, 7) is 1.90. The van der Waals surface area contributed by atoms with Crippen molar-refractivity contribution in [2.75, 3.05) is 11.9 Å². The summed E-state index contributed by atoms with van der Waals surface area (Å²) >= 11 is 0. The van der Waals surface area contributed by atoms with E-state index in [0.717, 1.165) is 5.56 Å². The van der Waals surface area contributed by atoms with E-state index in [-0.39, 0.29) is 18.5 Å². The normalized spacial score (nSPS) is 10.4. The maximum atomic E-state index is 11.8. The van der Waals surface area contributed by atoms with Gasteiger partial charge in [0.2, 0.25) is 5.89 Å². The summed E-state index contributed by atoms with van der Waals surface area (Å²) in [4.78, 5) is 11.8. The van der Waals surface area contributed by atoms with Crippen LogP contribution in [0.15, 0.2) is 59.0 Å². The monoisotopic (exact) mass is 323 g/mol. The molecule has 0 aliphatic carbocycles. The van der Waals surface area contributed by atoms with E-state index in [1.54, 1.807) is 12.1 Å². The zero-order valence-corrected chi connectivity index (χ0v) is 13.2. The molecule has 3 aromatic rings. The molecule has 0 spiro atoms. The van der Waals surface area contributed by atoms with Crippen molar-refractivity contribution in [3.63, 3.8) is 0 Å². The molecule has 2 aromatic carbocycles. The van der Waals surface area contributed by atoms with E-state index in [1.165, 1.54) is 5.56 Å². The van der Waals surface area contributed by atoms with Crippen LogP contribution in [-0.4, -0.2) is 22.7 Å². The molecule has 0 bridgehead atoms. The SMILES string of the molecule is Cc1ccc(Cc2nnc(NC(=O)COc3ccccc3)o2)cc1. The molecule has 1 heterocycles. The molecular weight excluding hydrogens is 306 g/mol. The molecule has 0 saturated heterocycles. The first-order valence-corrected chi connectivity index (χ1v) is 7.55. The third-order valence-electron chi connectivity index (χ3n) is 3.30. The van der Waals surface area contributed by atoms with Gasteiger partial charge in [-0.1, -0.05) is 53.1 Å². The Morgan fingerprint density at radius 1 is 1.08 bits per heavy atom. The smallest absolute Gasteiger partial charge is 0.322 e. The van der Waals surface area contributed by atoms with Gasteiger partial charge in [0, 0.05) is 0 Å². The predicted molar refractivity (Wildman–Crippen MR) is 88.8 cm³/mol. The van der Waals surface area contributed by atoms with Crippen LogP contribution in [0.2, 0.25) is 0 Å². The summed E-state index contributed by atoms with van der Waals surface area (Å²) in [6, 6.07) is 17.2. The van der Waals surface area contributed by atoms with Crippen molar-refractivity contribution in [2.45, 2.75) is 13.3 Å². The minimum atomic E-state index is -0.357. The third-order valence-corrected chi connectivity index (χ3v) is 3.30. The number of hydrogen-bond acceptors (Lipinski definition) is 5. The number of ether oxygens (including phenoxy) is 1. The Morgan fingerprint density at radius 3 is 2.58 bits per heavy atom.